The zero-order valence-electron chi connectivity index (χ0n) is 21.0. The van der Waals surface area contributed by atoms with Gasteiger partial charge in [0.15, 0.2) is 0 Å². The topological polar surface area (TPSA) is 67.2 Å². The molecule has 1 N–H and O–H groups in total. The summed E-state index contributed by atoms with van der Waals surface area (Å²) >= 11 is 6.23. The lowest BCUT2D eigenvalue weighted by Gasteiger charge is -2.46. The Morgan fingerprint density at radius 2 is 1.78 bits per heavy atom. The number of carbonyl (C=O) groups is 2. The summed E-state index contributed by atoms with van der Waals surface area (Å²) in [6.07, 6.45) is 14.6. The Bertz CT molecular complexity index is 1290. The largest absolute Gasteiger partial charge is 0.345 e. The van der Waals surface area contributed by atoms with Crippen molar-refractivity contribution in [2.75, 3.05) is 13.1 Å². The summed E-state index contributed by atoms with van der Waals surface area (Å²) in [4.78, 5) is 32.6. The number of imidazole rings is 1. The molecule has 1 saturated heterocycles. The molecule has 2 aromatic carbocycles. The minimum Gasteiger partial charge on any atom is -0.345 e. The summed E-state index contributed by atoms with van der Waals surface area (Å²) < 4.78 is 2.25. The van der Waals surface area contributed by atoms with Crippen LogP contribution in [0.25, 0.3) is 0 Å². The summed E-state index contributed by atoms with van der Waals surface area (Å²) in [5.41, 5.74) is 3.83. The molecule has 1 unspecified atom stereocenters. The van der Waals surface area contributed by atoms with Crippen molar-refractivity contribution in [3.8, 4) is 0 Å². The molecule has 1 aliphatic heterocycles. The quantitative estimate of drug-likeness (QED) is 0.463. The molecule has 7 heteroatoms. The molecule has 2 aliphatic carbocycles. The second kappa shape index (κ2) is 9.97. The number of nitrogens with zero attached hydrogens (tertiary/aromatic N) is 3. The third-order valence-corrected chi connectivity index (χ3v) is 9.30. The SMILES string of the molecule is O=C(NC1CCc2ccc(C(=O)N3CCC4(CCC(n5ccnc5)CC4)CC3)cc21)c1ccccc1Cl. The number of benzene rings is 2. The molecule has 37 heavy (non-hydrogen) atoms. The van der Waals surface area contributed by atoms with Gasteiger partial charge in [0.25, 0.3) is 11.8 Å². The van der Waals surface area contributed by atoms with Gasteiger partial charge in [0.05, 0.1) is 23.0 Å². The number of aromatic nitrogens is 2. The summed E-state index contributed by atoms with van der Waals surface area (Å²) in [7, 11) is 0. The van der Waals surface area contributed by atoms with E-state index in [0.29, 0.717) is 22.0 Å². The molecule has 1 aromatic heterocycles. The molecular weight excluding hydrogens is 484 g/mol. The van der Waals surface area contributed by atoms with Gasteiger partial charge in [-0.2, -0.15) is 0 Å². The van der Waals surface area contributed by atoms with Gasteiger partial charge < -0.3 is 14.8 Å². The van der Waals surface area contributed by atoms with Gasteiger partial charge in [0, 0.05) is 37.1 Å². The van der Waals surface area contributed by atoms with Crippen LogP contribution in [0.15, 0.2) is 61.2 Å². The number of hydrogen-bond acceptors (Lipinski definition) is 3. The van der Waals surface area contributed by atoms with E-state index >= 15 is 0 Å². The molecule has 2 fully saturated rings. The van der Waals surface area contributed by atoms with Crippen molar-refractivity contribution in [1.29, 1.82) is 0 Å². The first kappa shape index (κ1) is 24.2. The number of carbonyl (C=O) groups excluding carboxylic acids is 2. The van der Waals surface area contributed by atoms with Crippen molar-refractivity contribution in [2.45, 2.75) is 63.5 Å². The van der Waals surface area contributed by atoms with Gasteiger partial charge >= 0.3 is 0 Å². The van der Waals surface area contributed by atoms with E-state index in [4.69, 9.17) is 11.6 Å². The minimum atomic E-state index is -0.177. The summed E-state index contributed by atoms with van der Waals surface area (Å²) in [6, 6.07) is 13.6. The van der Waals surface area contributed by atoms with Crippen LogP contribution >= 0.6 is 11.6 Å². The number of fused-ring (bicyclic) bond motifs is 1. The molecule has 192 valence electrons. The predicted octanol–water partition coefficient (Wildman–Crippen LogP) is 5.99. The Morgan fingerprint density at radius 1 is 1.00 bits per heavy atom. The second-order valence-electron chi connectivity index (χ2n) is 11.0. The second-order valence-corrected chi connectivity index (χ2v) is 11.4. The van der Waals surface area contributed by atoms with E-state index in [1.807, 2.05) is 41.7 Å². The van der Waals surface area contributed by atoms with Crippen LogP contribution < -0.4 is 5.32 Å². The number of amides is 2. The van der Waals surface area contributed by atoms with Crippen LogP contribution in [0.4, 0.5) is 0 Å². The summed E-state index contributed by atoms with van der Waals surface area (Å²) in [5.74, 6) is -0.0721. The molecule has 3 aromatic rings. The lowest BCUT2D eigenvalue weighted by atomic mass is 9.67. The monoisotopic (exact) mass is 516 g/mol. The Hall–Kier alpha value is -3.12. The van der Waals surface area contributed by atoms with Crippen molar-refractivity contribution in [3.63, 3.8) is 0 Å². The average Bonchev–Trinajstić information content (AvgIpc) is 3.60. The van der Waals surface area contributed by atoms with Crippen molar-refractivity contribution in [1.82, 2.24) is 19.8 Å². The van der Waals surface area contributed by atoms with Crippen LogP contribution in [-0.2, 0) is 6.42 Å². The highest BCUT2D eigenvalue weighted by atomic mass is 35.5. The number of halogens is 1. The summed E-state index contributed by atoms with van der Waals surface area (Å²) in [5, 5.41) is 3.58. The highest BCUT2D eigenvalue weighted by Gasteiger charge is 2.39. The van der Waals surface area contributed by atoms with E-state index < -0.39 is 0 Å². The average molecular weight is 517 g/mol. The maximum atomic E-state index is 13.5. The van der Waals surface area contributed by atoms with Gasteiger partial charge in [-0.15, -0.1) is 0 Å². The molecule has 2 amide bonds. The van der Waals surface area contributed by atoms with Crippen molar-refractivity contribution >= 4 is 23.4 Å². The van der Waals surface area contributed by atoms with Crippen LogP contribution in [-0.4, -0.2) is 39.4 Å². The number of nitrogens with one attached hydrogen (secondary N) is 1. The molecule has 2 heterocycles. The van der Waals surface area contributed by atoms with E-state index in [1.165, 1.54) is 31.2 Å². The van der Waals surface area contributed by atoms with Gasteiger partial charge in [-0.3, -0.25) is 9.59 Å². The maximum Gasteiger partial charge on any atom is 0.253 e. The molecule has 6 nitrogen and oxygen atoms in total. The molecule has 0 bridgehead atoms. The van der Waals surface area contributed by atoms with E-state index in [9.17, 15) is 9.59 Å². The molecule has 6 rings (SSSR count). The van der Waals surface area contributed by atoms with Crippen LogP contribution in [0.1, 0.15) is 88.9 Å². The maximum absolute atomic E-state index is 13.5. The lowest BCUT2D eigenvalue weighted by molar-refractivity contribution is 0.0411. The van der Waals surface area contributed by atoms with Gasteiger partial charge in [0.2, 0.25) is 0 Å². The normalized spacial score (nSPS) is 21.1. The van der Waals surface area contributed by atoms with Gasteiger partial charge in [-0.05, 0) is 92.2 Å². The number of rotatable bonds is 4. The Morgan fingerprint density at radius 3 is 2.51 bits per heavy atom. The van der Waals surface area contributed by atoms with E-state index in [1.54, 1.807) is 12.1 Å². The number of hydrogen-bond donors (Lipinski definition) is 1. The van der Waals surface area contributed by atoms with Crippen molar-refractivity contribution in [3.05, 3.63) is 88.5 Å². The van der Waals surface area contributed by atoms with E-state index in [2.05, 4.69) is 27.1 Å². The summed E-state index contributed by atoms with van der Waals surface area (Å²) in [6.45, 7) is 1.64. The van der Waals surface area contributed by atoms with E-state index in [-0.39, 0.29) is 17.9 Å². The van der Waals surface area contributed by atoms with Gasteiger partial charge in [-0.25, -0.2) is 4.98 Å². The molecule has 1 saturated carbocycles. The molecule has 1 spiro atoms. The molecule has 1 atom stereocenters. The fourth-order valence-electron chi connectivity index (χ4n) is 6.63. The van der Waals surface area contributed by atoms with Crippen LogP contribution in [0, 0.1) is 5.41 Å². The minimum absolute atomic E-state index is 0.104. The Labute approximate surface area is 223 Å². The number of piperidine rings is 1. The zero-order valence-corrected chi connectivity index (χ0v) is 21.8. The fourth-order valence-corrected chi connectivity index (χ4v) is 6.85. The van der Waals surface area contributed by atoms with Crippen LogP contribution in [0.5, 0.6) is 0 Å². The Balaban J connectivity index is 1.09. The van der Waals surface area contributed by atoms with Crippen molar-refractivity contribution in [2.24, 2.45) is 5.41 Å². The van der Waals surface area contributed by atoms with Gasteiger partial charge in [-0.1, -0.05) is 29.8 Å². The smallest absolute Gasteiger partial charge is 0.253 e. The standard InChI is InChI=1S/C30H33ClN4O2/c31-26-4-2-1-3-24(26)28(36)33-27-8-7-21-5-6-22(19-25(21)27)29(37)34-16-13-30(14-17-34)11-9-23(10-12-30)35-18-15-32-20-35/h1-6,15,18-20,23,27H,7-14,16-17H2,(H,33,36). The molecule has 3 aliphatic rings. The van der Waals surface area contributed by atoms with Crippen molar-refractivity contribution < 1.29 is 9.59 Å². The third-order valence-electron chi connectivity index (χ3n) is 8.97. The first-order valence-corrected chi connectivity index (χ1v) is 13.8. The first-order valence-electron chi connectivity index (χ1n) is 13.5. The van der Waals surface area contributed by atoms with Gasteiger partial charge in [0.1, 0.15) is 0 Å². The highest BCUT2D eigenvalue weighted by molar-refractivity contribution is 6.33. The number of likely N-dealkylation sites (tertiary alicyclic amines) is 1. The molecular formula is C30H33ClN4O2. The Kier molecular flexibility index (Phi) is 6.53. The first-order chi connectivity index (χ1) is 18.0. The van der Waals surface area contributed by atoms with E-state index in [0.717, 1.165) is 49.9 Å². The molecule has 0 radical (unpaired) electrons. The lowest BCUT2D eigenvalue weighted by Crippen LogP contribution is -2.44. The van der Waals surface area contributed by atoms with Crippen LogP contribution in [0.3, 0.4) is 0 Å². The highest BCUT2D eigenvalue weighted by Crippen LogP contribution is 2.47. The van der Waals surface area contributed by atoms with Crippen LogP contribution in [0.2, 0.25) is 5.02 Å². The zero-order chi connectivity index (χ0) is 25.4. The number of aryl methyl sites for hydroxylation is 1. The third kappa shape index (κ3) is 4.79. The fraction of sp³-hybridized carbons (Fsp3) is 0.433. The predicted molar refractivity (Wildman–Crippen MR) is 144 cm³/mol.